The number of nitrogens with zero attached hydrogens (tertiary/aromatic N) is 3. The van der Waals surface area contributed by atoms with Crippen LogP contribution in [0, 0.1) is 12.7 Å². The molecular formula is C25H29FN4O2S. The molecule has 1 N–H and O–H groups in total. The first-order valence-corrected chi connectivity index (χ1v) is 12.7. The number of hydrogen-bond acceptors (Lipinski definition) is 5. The molecule has 4 rings (SSSR count). The van der Waals surface area contributed by atoms with Crippen LogP contribution in [0.15, 0.2) is 48.7 Å². The predicted octanol–water partition coefficient (Wildman–Crippen LogP) is 4.32. The van der Waals surface area contributed by atoms with Gasteiger partial charge in [0, 0.05) is 36.6 Å². The maximum atomic E-state index is 13.5. The first kappa shape index (κ1) is 23.4. The molecule has 0 radical (unpaired) electrons. The van der Waals surface area contributed by atoms with Gasteiger partial charge in [0.2, 0.25) is 10.0 Å². The molecule has 1 aliphatic rings. The lowest BCUT2D eigenvalue weighted by Crippen LogP contribution is -2.35. The number of nitrogens with one attached hydrogen (secondary N) is 1. The summed E-state index contributed by atoms with van der Waals surface area (Å²) >= 11 is 0. The van der Waals surface area contributed by atoms with E-state index in [1.165, 1.54) is 22.8 Å². The van der Waals surface area contributed by atoms with E-state index in [9.17, 15) is 12.8 Å². The molecule has 8 heteroatoms. The van der Waals surface area contributed by atoms with E-state index in [4.69, 9.17) is 0 Å². The van der Waals surface area contributed by atoms with Crippen molar-refractivity contribution in [1.82, 2.24) is 14.2 Å². The number of sulfonamides is 1. The van der Waals surface area contributed by atoms with Crippen LogP contribution in [0.5, 0.6) is 0 Å². The van der Waals surface area contributed by atoms with E-state index in [0.717, 1.165) is 51.4 Å². The molecule has 33 heavy (non-hydrogen) atoms. The Hall–Kier alpha value is -2.81. The molecule has 174 valence electrons. The van der Waals surface area contributed by atoms with Crippen LogP contribution >= 0.6 is 0 Å². The molecule has 2 aromatic carbocycles. The van der Waals surface area contributed by atoms with Gasteiger partial charge in [-0.05, 0) is 80.0 Å². The number of benzene rings is 2. The molecule has 6 nitrogen and oxygen atoms in total. The third-order valence-electron chi connectivity index (χ3n) is 5.98. The van der Waals surface area contributed by atoms with Gasteiger partial charge < -0.3 is 10.2 Å². The first-order chi connectivity index (χ1) is 15.6. The SMILES string of the molecule is Cc1c(CN(C)C)cc(Nc2cccc3c2CCN(S(C)(=O)=O)C3)cc1-c1ccc(F)cn1. The molecule has 2 heterocycles. The largest absolute Gasteiger partial charge is 0.355 e. The molecule has 0 fully saturated rings. The summed E-state index contributed by atoms with van der Waals surface area (Å²) in [4.78, 5) is 6.41. The van der Waals surface area contributed by atoms with Gasteiger partial charge in [-0.25, -0.2) is 12.8 Å². The highest BCUT2D eigenvalue weighted by Crippen LogP contribution is 2.33. The summed E-state index contributed by atoms with van der Waals surface area (Å²) in [5.41, 5.74) is 7.95. The lowest BCUT2D eigenvalue weighted by molar-refractivity contribution is 0.395. The molecule has 0 saturated carbocycles. The van der Waals surface area contributed by atoms with Crippen molar-refractivity contribution in [1.29, 1.82) is 0 Å². The average molecular weight is 469 g/mol. The quantitative estimate of drug-likeness (QED) is 0.584. The fourth-order valence-electron chi connectivity index (χ4n) is 4.29. The van der Waals surface area contributed by atoms with Gasteiger partial charge in [-0.1, -0.05) is 12.1 Å². The van der Waals surface area contributed by atoms with Crippen molar-refractivity contribution in [3.05, 3.63) is 76.7 Å². The van der Waals surface area contributed by atoms with Gasteiger partial charge >= 0.3 is 0 Å². The van der Waals surface area contributed by atoms with Gasteiger partial charge in [0.25, 0.3) is 0 Å². The Balaban J connectivity index is 1.73. The Kier molecular flexibility index (Phi) is 6.52. The monoisotopic (exact) mass is 468 g/mol. The first-order valence-electron chi connectivity index (χ1n) is 10.8. The van der Waals surface area contributed by atoms with Gasteiger partial charge in [0.05, 0.1) is 18.1 Å². The Morgan fingerprint density at radius 2 is 1.97 bits per heavy atom. The fourth-order valence-corrected chi connectivity index (χ4v) is 5.09. The zero-order valence-electron chi connectivity index (χ0n) is 19.4. The van der Waals surface area contributed by atoms with Gasteiger partial charge in [0.1, 0.15) is 5.82 Å². The molecule has 0 amide bonds. The van der Waals surface area contributed by atoms with Gasteiger partial charge in [-0.2, -0.15) is 4.31 Å². The van der Waals surface area contributed by atoms with Crippen LogP contribution in [0.25, 0.3) is 11.3 Å². The molecule has 0 saturated heterocycles. The van der Waals surface area contributed by atoms with Crippen LogP contribution in [0.4, 0.5) is 15.8 Å². The van der Waals surface area contributed by atoms with Crippen LogP contribution in [0.2, 0.25) is 0 Å². The zero-order chi connectivity index (χ0) is 23.8. The number of rotatable bonds is 6. The summed E-state index contributed by atoms with van der Waals surface area (Å²) in [5, 5.41) is 3.56. The van der Waals surface area contributed by atoms with Crippen molar-refractivity contribution in [2.45, 2.75) is 26.4 Å². The van der Waals surface area contributed by atoms with E-state index < -0.39 is 10.0 Å². The minimum atomic E-state index is -3.23. The third-order valence-corrected chi connectivity index (χ3v) is 7.23. The Labute approximate surface area is 195 Å². The smallest absolute Gasteiger partial charge is 0.211 e. The Bertz CT molecular complexity index is 1270. The standard InChI is InChI=1S/C25H29FN4O2S/c1-17-19(15-29(2)3)12-21(13-23(17)24-9-8-20(26)14-27-24)28-25-7-5-6-18-16-30(33(4,31)32)11-10-22(18)25/h5-9,12-14,28H,10-11,15-16H2,1-4H3. The lowest BCUT2D eigenvalue weighted by Gasteiger charge is -2.28. The summed E-state index contributed by atoms with van der Waals surface area (Å²) in [7, 11) is 0.822. The lowest BCUT2D eigenvalue weighted by atomic mass is 9.96. The Morgan fingerprint density at radius 3 is 2.64 bits per heavy atom. The number of pyridine rings is 1. The van der Waals surface area contributed by atoms with E-state index in [0.29, 0.717) is 19.5 Å². The topological polar surface area (TPSA) is 65.5 Å². The maximum absolute atomic E-state index is 13.5. The van der Waals surface area contributed by atoms with E-state index in [2.05, 4.69) is 28.2 Å². The van der Waals surface area contributed by atoms with Crippen LogP contribution < -0.4 is 5.32 Å². The molecule has 0 atom stereocenters. The summed E-state index contributed by atoms with van der Waals surface area (Å²) in [6.07, 6.45) is 3.14. The fraction of sp³-hybridized carbons (Fsp3) is 0.320. The summed E-state index contributed by atoms with van der Waals surface area (Å²) in [6.45, 7) is 3.67. The summed E-state index contributed by atoms with van der Waals surface area (Å²) < 4.78 is 39.0. The highest BCUT2D eigenvalue weighted by molar-refractivity contribution is 7.88. The van der Waals surface area contributed by atoms with Crippen molar-refractivity contribution >= 4 is 21.4 Å². The van der Waals surface area contributed by atoms with E-state index in [1.807, 2.05) is 38.4 Å². The minimum absolute atomic E-state index is 0.363. The second-order valence-corrected chi connectivity index (χ2v) is 10.8. The molecule has 1 aromatic heterocycles. The van der Waals surface area contributed by atoms with Crippen LogP contribution in [0.1, 0.15) is 22.3 Å². The highest BCUT2D eigenvalue weighted by atomic mass is 32.2. The van der Waals surface area contributed by atoms with Crippen molar-refractivity contribution in [3.8, 4) is 11.3 Å². The van der Waals surface area contributed by atoms with Gasteiger partial charge in [-0.3, -0.25) is 4.98 Å². The molecule has 1 aliphatic heterocycles. The number of hydrogen-bond donors (Lipinski definition) is 1. The van der Waals surface area contributed by atoms with Crippen LogP contribution in [-0.4, -0.2) is 49.5 Å². The van der Waals surface area contributed by atoms with Crippen LogP contribution in [-0.2, 0) is 29.5 Å². The summed E-state index contributed by atoms with van der Waals surface area (Å²) in [5.74, 6) is -0.363. The normalized spacial score (nSPS) is 14.4. The van der Waals surface area contributed by atoms with E-state index in [1.54, 1.807) is 6.07 Å². The maximum Gasteiger partial charge on any atom is 0.211 e. The molecular weight excluding hydrogens is 439 g/mol. The second-order valence-electron chi connectivity index (χ2n) is 8.82. The van der Waals surface area contributed by atoms with Crippen molar-refractivity contribution in [2.75, 3.05) is 32.2 Å². The molecule has 3 aromatic rings. The molecule has 0 spiro atoms. The third kappa shape index (κ3) is 5.24. The molecule has 0 unspecified atom stereocenters. The predicted molar refractivity (Wildman–Crippen MR) is 130 cm³/mol. The number of aromatic nitrogens is 1. The zero-order valence-corrected chi connectivity index (χ0v) is 20.2. The van der Waals surface area contributed by atoms with Gasteiger partial charge in [-0.15, -0.1) is 0 Å². The van der Waals surface area contributed by atoms with E-state index >= 15 is 0 Å². The van der Waals surface area contributed by atoms with Gasteiger partial charge in [0.15, 0.2) is 0 Å². The summed E-state index contributed by atoms with van der Waals surface area (Å²) in [6, 6.07) is 13.3. The number of anilines is 2. The van der Waals surface area contributed by atoms with Crippen molar-refractivity contribution in [2.24, 2.45) is 0 Å². The van der Waals surface area contributed by atoms with E-state index in [-0.39, 0.29) is 5.82 Å². The average Bonchev–Trinajstić information content (AvgIpc) is 2.75. The number of fused-ring (bicyclic) bond motifs is 1. The van der Waals surface area contributed by atoms with Crippen molar-refractivity contribution < 1.29 is 12.8 Å². The van der Waals surface area contributed by atoms with Crippen molar-refractivity contribution in [3.63, 3.8) is 0 Å². The molecule has 0 aliphatic carbocycles. The molecule has 0 bridgehead atoms. The highest BCUT2D eigenvalue weighted by Gasteiger charge is 2.24. The minimum Gasteiger partial charge on any atom is -0.355 e. The Morgan fingerprint density at radius 1 is 1.18 bits per heavy atom. The second kappa shape index (κ2) is 9.21. The number of halogens is 1. The van der Waals surface area contributed by atoms with Crippen LogP contribution in [0.3, 0.4) is 0 Å².